The maximum absolute atomic E-state index is 12.9. The van der Waals surface area contributed by atoms with E-state index in [0.717, 1.165) is 40.9 Å². The monoisotopic (exact) mass is 331 g/mol. The summed E-state index contributed by atoms with van der Waals surface area (Å²) >= 11 is 0. The van der Waals surface area contributed by atoms with Crippen LogP contribution in [0.5, 0.6) is 0 Å². The van der Waals surface area contributed by atoms with E-state index in [1.165, 1.54) is 6.20 Å². The first kappa shape index (κ1) is 16.8. The molecule has 0 saturated heterocycles. The van der Waals surface area contributed by atoms with Crippen molar-refractivity contribution in [1.82, 2.24) is 0 Å². The van der Waals surface area contributed by atoms with Crippen LogP contribution in [-0.2, 0) is 11.2 Å². The van der Waals surface area contributed by atoms with Crippen molar-refractivity contribution < 1.29 is 4.79 Å². The Morgan fingerprint density at radius 1 is 1.20 bits per heavy atom. The maximum atomic E-state index is 12.9. The molecule has 4 nitrogen and oxygen atoms in total. The fourth-order valence-corrected chi connectivity index (χ4v) is 3.09. The fraction of sp³-hybridized carbons (Fsp3) is 0.238. The SMILES string of the molecule is Cc1cccc(N/C=C(/C#N)C(=O)N2CCCc3ccccc32)c1C. The highest BCUT2D eigenvalue weighted by Gasteiger charge is 2.24. The van der Waals surface area contributed by atoms with Crippen LogP contribution in [0.1, 0.15) is 23.1 Å². The molecule has 0 saturated carbocycles. The zero-order chi connectivity index (χ0) is 17.8. The first-order chi connectivity index (χ1) is 12.1. The summed E-state index contributed by atoms with van der Waals surface area (Å²) in [5.74, 6) is -0.257. The average molecular weight is 331 g/mol. The van der Waals surface area contributed by atoms with Gasteiger partial charge in [-0.15, -0.1) is 0 Å². The van der Waals surface area contributed by atoms with Gasteiger partial charge in [0.15, 0.2) is 0 Å². The van der Waals surface area contributed by atoms with E-state index in [1.807, 2.05) is 62.4 Å². The number of nitrogens with one attached hydrogen (secondary N) is 1. The van der Waals surface area contributed by atoms with Crippen LogP contribution in [0.15, 0.2) is 54.2 Å². The van der Waals surface area contributed by atoms with Crippen LogP contribution in [0.2, 0.25) is 0 Å². The number of hydrogen-bond acceptors (Lipinski definition) is 3. The summed E-state index contributed by atoms with van der Waals surface area (Å²) in [7, 11) is 0. The van der Waals surface area contributed by atoms with Gasteiger partial charge in [-0.3, -0.25) is 4.79 Å². The minimum Gasteiger partial charge on any atom is -0.360 e. The Hall–Kier alpha value is -3.06. The van der Waals surface area contributed by atoms with Crippen molar-refractivity contribution in [2.45, 2.75) is 26.7 Å². The molecule has 0 spiro atoms. The summed E-state index contributed by atoms with van der Waals surface area (Å²) in [6, 6.07) is 15.9. The molecular weight excluding hydrogens is 310 g/mol. The van der Waals surface area contributed by atoms with Gasteiger partial charge in [0.2, 0.25) is 0 Å². The molecule has 2 aromatic carbocycles. The second-order valence-corrected chi connectivity index (χ2v) is 6.25. The molecule has 1 aliphatic rings. The van der Waals surface area contributed by atoms with Crippen LogP contribution >= 0.6 is 0 Å². The minimum absolute atomic E-state index is 0.109. The van der Waals surface area contributed by atoms with E-state index in [0.29, 0.717) is 6.54 Å². The van der Waals surface area contributed by atoms with Crippen LogP contribution < -0.4 is 10.2 Å². The molecule has 0 fully saturated rings. The zero-order valence-electron chi connectivity index (χ0n) is 14.5. The molecule has 0 aliphatic carbocycles. The van der Waals surface area contributed by atoms with Gasteiger partial charge in [0.25, 0.3) is 5.91 Å². The van der Waals surface area contributed by atoms with Gasteiger partial charge in [-0.05, 0) is 55.5 Å². The van der Waals surface area contributed by atoms with E-state index in [4.69, 9.17) is 0 Å². The zero-order valence-corrected chi connectivity index (χ0v) is 14.5. The lowest BCUT2D eigenvalue weighted by molar-refractivity contribution is -0.114. The molecule has 1 amide bonds. The Balaban J connectivity index is 1.85. The molecule has 0 unspecified atom stereocenters. The van der Waals surface area contributed by atoms with Crippen molar-refractivity contribution in [3.05, 3.63) is 70.9 Å². The highest BCUT2D eigenvalue weighted by molar-refractivity contribution is 6.09. The molecule has 0 atom stereocenters. The molecule has 4 heteroatoms. The number of hydrogen-bond donors (Lipinski definition) is 1. The Bertz CT molecular complexity index is 877. The topological polar surface area (TPSA) is 56.1 Å². The number of anilines is 2. The molecule has 2 aromatic rings. The lowest BCUT2D eigenvalue weighted by atomic mass is 10.0. The third-order valence-electron chi connectivity index (χ3n) is 4.68. The van der Waals surface area contributed by atoms with E-state index >= 15 is 0 Å². The molecule has 0 aromatic heterocycles. The Labute approximate surface area is 148 Å². The lowest BCUT2D eigenvalue weighted by Gasteiger charge is -2.29. The van der Waals surface area contributed by atoms with Crippen molar-refractivity contribution >= 4 is 17.3 Å². The summed E-state index contributed by atoms with van der Waals surface area (Å²) in [5.41, 5.74) is 5.34. The van der Waals surface area contributed by atoms with Crippen LogP contribution in [0, 0.1) is 25.2 Å². The number of nitrogens with zero attached hydrogens (tertiary/aromatic N) is 2. The second-order valence-electron chi connectivity index (χ2n) is 6.25. The standard InChI is InChI=1S/C21H21N3O/c1-15-7-5-10-19(16(15)2)23-14-18(13-22)21(25)24-12-6-9-17-8-3-4-11-20(17)24/h3-5,7-8,10-11,14,23H,6,9,12H2,1-2H3/b18-14-. The first-order valence-corrected chi connectivity index (χ1v) is 8.44. The lowest BCUT2D eigenvalue weighted by Crippen LogP contribution is -2.36. The number of carbonyl (C=O) groups is 1. The third kappa shape index (κ3) is 3.41. The summed E-state index contributed by atoms with van der Waals surface area (Å²) in [6.07, 6.45) is 3.39. The van der Waals surface area contributed by atoms with Crippen molar-refractivity contribution in [2.24, 2.45) is 0 Å². The second kappa shape index (κ2) is 7.23. The van der Waals surface area contributed by atoms with Gasteiger partial charge in [0.1, 0.15) is 11.6 Å². The highest BCUT2D eigenvalue weighted by atomic mass is 16.2. The Morgan fingerprint density at radius 2 is 2.00 bits per heavy atom. The van der Waals surface area contributed by atoms with Crippen molar-refractivity contribution in [3.8, 4) is 6.07 Å². The van der Waals surface area contributed by atoms with Crippen LogP contribution in [0.4, 0.5) is 11.4 Å². The molecule has 25 heavy (non-hydrogen) atoms. The van der Waals surface area contributed by atoms with Crippen LogP contribution in [0.3, 0.4) is 0 Å². The van der Waals surface area contributed by atoms with Gasteiger partial charge in [-0.2, -0.15) is 5.26 Å². The number of amides is 1. The third-order valence-corrected chi connectivity index (χ3v) is 4.68. The maximum Gasteiger partial charge on any atom is 0.270 e. The smallest absolute Gasteiger partial charge is 0.270 e. The molecule has 0 bridgehead atoms. The van der Waals surface area contributed by atoms with E-state index < -0.39 is 0 Å². The number of nitriles is 1. The average Bonchev–Trinajstić information content (AvgIpc) is 2.64. The van der Waals surface area contributed by atoms with Gasteiger partial charge in [-0.1, -0.05) is 30.3 Å². The van der Waals surface area contributed by atoms with E-state index in [9.17, 15) is 10.1 Å². The normalized spacial score (nSPS) is 13.8. The summed E-state index contributed by atoms with van der Waals surface area (Å²) in [4.78, 5) is 14.6. The van der Waals surface area contributed by atoms with Crippen molar-refractivity contribution in [1.29, 1.82) is 5.26 Å². The van der Waals surface area contributed by atoms with E-state index in [-0.39, 0.29) is 11.5 Å². The van der Waals surface area contributed by atoms with Gasteiger partial charge in [0, 0.05) is 24.1 Å². The Kier molecular flexibility index (Phi) is 4.85. The summed E-state index contributed by atoms with van der Waals surface area (Å²) in [6.45, 7) is 4.68. The van der Waals surface area contributed by atoms with Crippen LogP contribution in [-0.4, -0.2) is 12.5 Å². The van der Waals surface area contributed by atoms with E-state index in [1.54, 1.807) is 4.90 Å². The molecule has 1 heterocycles. The molecule has 3 rings (SSSR count). The van der Waals surface area contributed by atoms with Gasteiger partial charge >= 0.3 is 0 Å². The quantitative estimate of drug-likeness (QED) is 0.680. The predicted octanol–water partition coefficient (Wildman–Crippen LogP) is 4.10. The fourth-order valence-electron chi connectivity index (χ4n) is 3.09. The highest BCUT2D eigenvalue weighted by Crippen LogP contribution is 2.28. The predicted molar refractivity (Wildman–Crippen MR) is 100 cm³/mol. The first-order valence-electron chi connectivity index (χ1n) is 8.44. The van der Waals surface area contributed by atoms with Crippen molar-refractivity contribution in [3.63, 3.8) is 0 Å². The molecule has 1 aliphatic heterocycles. The summed E-state index contributed by atoms with van der Waals surface area (Å²) < 4.78 is 0. The molecule has 126 valence electrons. The number of benzene rings is 2. The number of carbonyl (C=O) groups excluding carboxylic acids is 1. The van der Waals surface area contributed by atoms with Gasteiger partial charge in [-0.25, -0.2) is 0 Å². The molecular formula is C21H21N3O. The van der Waals surface area contributed by atoms with Gasteiger partial charge in [0.05, 0.1) is 0 Å². The number of para-hydroxylation sites is 1. The number of rotatable bonds is 3. The number of aryl methyl sites for hydroxylation is 2. The molecule has 1 N–H and O–H groups in total. The minimum atomic E-state index is -0.257. The summed E-state index contributed by atoms with van der Waals surface area (Å²) in [5, 5.41) is 12.6. The van der Waals surface area contributed by atoms with Crippen LogP contribution in [0.25, 0.3) is 0 Å². The Morgan fingerprint density at radius 3 is 2.80 bits per heavy atom. The largest absolute Gasteiger partial charge is 0.360 e. The van der Waals surface area contributed by atoms with Gasteiger partial charge < -0.3 is 10.2 Å². The van der Waals surface area contributed by atoms with E-state index in [2.05, 4.69) is 5.32 Å². The molecule has 0 radical (unpaired) electrons. The number of fused-ring (bicyclic) bond motifs is 1. The van der Waals surface area contributed by atoms with Crippen molar-refractivity contribution in [2.75, 3.05) is 16.8 Å².